The van der Waals surface area contributed by atoms with Gasteiger partial charge in [0.2, 0.25) is 0 Å². The Morgan fingerprint density at radius 2 is 1.95 bits per heavy atom. The Morgan fingerprint density at radius 3 is 2.47 bits per heavy atom. The molecule has 0 unspecified atom stereocenters. The van der Waals surface area contributed by atoms with Crippen LogP contribution in [0.3, 0.4) is 0 Å². The maximum atomic E-state index is 13.6. The Morgan fingerprint density at radius 1 is 1.32 bits per heavy atom. The van der Waals surface area contributed by atoms with Crippen molar-refractivity contribution < 1.29 is 9.13 Å². The van der Waals surface area contributed by atoms with Gasteiger partial charge in [-0.15, -0.1) is 0 Å². The molecule has 0 aromatic heterocycles. The van der Waals surface area contributed by atoms with E-state index in [1.165, 1.54) is 11.0 Å². The van der Waals surface area contributed by atoms with Crippen molar-refractivity contribution in [3.63, 3.8) is 0 Å². The van der Waals surface area contributed by atoms with Gasteiger partial charge in [0.15, 0.2) is 11.6 Å². The van der Waals surface area contributed by atoms with E-state index in [0.717, 1.165) is 12.5 Å². The average Bonchev–Trinajstić information content (AvgIpc) is 2.38. The molecule has 5 nitrogen and oxygen atoms in total. The van der Waals surface area contributed by atoms with Crippen molar-refractivity contribution in [2.75, 3.05) is 30.3 Å². The zero-order valence-electron chi connectivity index (χ0n) is 10.7. The Balaban J connectivity index is 3.11. The minimum Gasteiger partial charge on any atom is -0.490 e. The molecule has 0 saturated carbocycles. The van der Waals surface area contributed by atoms with E-state index in [9.17, 15) is 4.39 Å². The number of ether oxygens (including phenoxy) is 1. The highest BCUT2D eigenvalue weighted by molar-refractivity contribution is 5.70. The SMILES string of the molecule is CCCOc1cc(N(CC#N)CC#N)c(N)cc1F. The van der Waals surface area contributed by atoms with E-state index in [4.69, 9.17) is 21.0 Å². The molecule has 0 radical (unpaired) electrons. The van der Waals surface area contributed by atoms with Gasteiger partial charge in [0.25, 0.3) is 0 Å². The van der Waals surface area contributed by atoms with E-state index >= 15 is 0 Å². The van der Waals surface area contributed by atoms with Gasteiger partial charge < -0.3 is 15.4 Å². The normalized spacial score (nSPS) is 9.47. The highest BCUT2D eigenvalue weighted by Crippen LogP contribution is 2.31. The van der Waals surface area contributed by atoms with Crippen LogP contribution in [0.1, 0.15) is 13.3 Å². The quantitative estimate of drug-likeness (QED) is 0.626. The molecule has 0 atom stereocenters. The molecular formula is C13H15FN4O. The first-order valence-electron chi connectivity index (χ1n) is 5.84. The van der Waals surface area contributed by atoms with Crippen LogP contribution in [0.15, 0.2) is 12.1 Å². The van der Waals surface area contributed by atoms with E-state index in [-0.39, 0.29) is 24.5 Å². The highest BCUT2D eigenvalue weighted by atomic mass is 19.1. The van der Waals surface area contributed by atoms with Crippen molar-refractivity contribution in [2.24, 2.45) is 0 Å². The molecule has 19 heavy (non-hydrogen) atoms. The lowest BCUT2D eigenvalue weighted by Gasteiger charge is -2.21. The zero-order chi connectivity index (χ0) is 14.3. The monoisotopic (exact) mass is 262 g/mol. The fraction of sp³-hybridized carbons (Fsp3) is 0.385. The number of nitriles is 2. The molecule has 1 aromatic carbocycles. The summed E-state index contributed by atoms with van der Waals surface area (Å²) in [6.45, 7) is 2.29. The van der Waals surface area contributed by atoms with Gasteiger partial charge in [-0.25, -0.2) is 4.39 Å². The van der Waals surface area contributed by atoms with Crippen molar-refractivity contribution in [1.29, 1.82) is 10.5 Å². The molecule has 6 heteroatoms. The zero-order valence-corrected chi connectivity index (χ0v) is 10.7. The van der Waals surface area contributed by atoms with Crippen LogP contribution in [-0.2, 0) is 0 Å². The van der Waals surface area contributed by atoms with Crippen molar-refractivity contribution in [1.82, 2.24) is 0 Å². The van der Waals surface area contributed by atoms with Gasteiger partial charge in [0.05, 0.1) is 30.1 Å². The molecule has 2 N–H and O–H groups in total. The smallest absolute Gasteiger partial charge is 0.167 e. The molecule has 1 aromatic rings. The average molecular weight is 262 g/mol. The molecular weight excluding hydrogens is 247 g/mol. The lowest BCUT2D eigenvalue weighted by Crippen LogP contribution is -2.25. The lowest BCUT2D eigenvalue weighted by molar-refractivity contribution is 0.301. The predicted molar refractivity (Wildman–Crippen MR) is 70.0 cm³/mol. The fourth-order valence-electron chi connectivity index (χ4n) is 1.55. The first kappa shape index (κ1) is 14.6. The first-order chi connectivity index (χ1) is 9.13. The van der Waals surface area contributed by atoms with Gasteiger partial charge in [-0.2, -0.15) is 10.5 Å². The molecule has 100 valence electrons. The molecule has 0 aliphatic rings. The predicted octanol–water partition coefficient (Wildman–Crippen LogP) is 2.05. The van der Waals surface area contributed by atoms with Crippen molar-refractivity contribution in [3.8, 4) is 17.9 Å². The summed E-state index contributed by atoms with van der Waals surface area (Å²) in [6.07, 6.45) is 0.749. The first-order valence-corrected chi connectivity index (χ1v) is 5.84. The molecule has 0 bridgehead atoms. The van der Waals surface area contributed by atoms with Gasteiger partial charge in [0.1, 0.15) is 13.1 Å². The number of anilines is 2. The number of nitrogens with two attached hydrogens (primary N) is 1. The maximum absolute atomic E-state index is 13.6. The summed E-state index contributed by atoms with van der Waals surface area (Å²) in [6, 6.07) is 6.45. The minimum atomic E-state index is -0.552. The number of nitrogen functional groups attached to an aromatic ring is 1. The third-order valence-electron chi connectivity index (χ3n) is 2.41. The number of hydrogen-bond donors (Lipinski definition) is 1. The van der Waals surface area contributed by atoms with Gasteiger partial charge >= 0.3 is 0 Å². The summed E-state index contributed by atoms with van der Waals surface area (Å²) < 4.78 is 18.9. The molecule has 1 rings (SSSR count). The van der Waals surface area contributed by atoms with Crippen LogP contribution in [0.25, 0.3) is 0 Å². The number of rotatable bonds is 6. The van der Waals surface area contributed by atoms with Crippen LogP contribution in [0.5, 0.6) is 5.75 Å². The van der Waals surface area contributed by atoms with Gasteiger partial charge in [-0.1, -0.05) is 6.92 Å². The summed E-state index contributed by atoms with van der Waals surface area (Å²) in [7, 11) is 0. The van der Waals surface area contributed by atoms with Crippen LogP contribution >= 0.6 is 0 Å². The van der Waals surface area contributed by atoms with Crippen molar-refractivity contribution in [3.05, 3.63) is 17.9 Å². The molecule has 0 saturated heterocycles. The van der Waals surface area contributed by atoms with E-state index in [2.05, 4.69) is 0 Å². The molecule has 0 amide bonds. The lowest BCUT2D eigenvalue weighted by atomic mass is 10.2. The second-order valence-electron chi connectivity index (χ2n) is 3.86. The second-order valence-corrected chi connectivity index (χ2v) is 3.86. The van der Waals surface area contributed by atoms with Gasteiger partial charge in [-0.05, 0) is 6.42 Å². The van der Waals surface area contributed by atoms with E-state index in [1.54, 1.807) is 0 Å². The molecule has 0 fully saturated rings. The summed E-state index contributed by atoms with van der Waals surface area (Å²) >= 11 is 0. The molecule has 0 aliphatic carbocycles. The Labute approximate surface area is 111 Å². The fourth-order valence-corrected chi connectivity index (χ4v) is 1.55. The highest BCUT2D eigenvalue weighted by Gasteiger charge is 2.14. The largest absolute Gasteiger partial charge is 0.490 e. The maximum Gasteiger partial charge on any atom is 0.167 e. The standard InChI is InChI=1S/C13H15FN4O/c1-2-7-19-13-9-12(11(17)8-10(13)14)18(5-3-15)6-4-16/h8-9H,2,5-7,17H2,1H3. The summed E-state index contributed by atoms with van der Waals surface area (Å²) in [5, 5.41) is 17.5. The molecule has 0 aliphatic heterocycles. The van der Waals surface area contributed by atoms with Crippen LogP contribution in [0.2, 0.25) is 0 Å². The minimum absolute atomic E-state index is 0.00336. The summed E-state index contributed by atoms with van der Waals surface area (Å²) in [5.41, 5.74) is 6.32. The van der Waals surface area contributed by atoms with Crippen LogP contribution in [-0.4, -0.2) is 19.7 Å². The summed E-state index contributed by atoms with van der Waals surface area (Å²) in [4.78, 5) is 1.47. The van der Waals surface area contributed by atoms with Gasteiger partial charge in [0, 0.05) is 12.1 Å². The van der Waals surface area contributed by atoms with Crippen molar-refractivity contribution >= 4 is 11.4 Å². The number of hydrogen-bond acceptors (Lipinski definition) is 5. The van der Waals surface area contributed by atoms with E-state index in [1.807, 2.05) is 19.1 Å². The van der Waals surface area contributed by atoms with E-state index in [0.29, 0.717) is 12.3 Å². The number of halogens is 1. The van der Waals surface area contributed by atoms with E-state index < -0.39 is 5.82 Å². The molecule has 0 spiro atoms. The summed E-state index contributed by atoms with van der Waals surface area (Å²) in [5.74, 6) is -0.476. The van der Waals surface area contributed by atoms with Crippen LogP contribution in [0.4, 0.5) is 15.8 Å². The Kier molecular flexibility index (Phi) is 5.43. The third-order valence-corrected chi connectivity index (χ3v) is 2.41. The topological polar surface area (TPSA) is 86.1 Å². The number of nitrogens with zero attached hydrogens (tertiary/aromatic N) is 3. The van der Waals surface area contributed by atoms with Crippen LogP contribution < -0.4 is 15.4 Å². The number of benzene rings is 1. The molecule has 0 heterocycles. The third kappa shape index (κ3) is 3.75. The Bertz CT molecular complexity index is 503. The van der Waals surface area contributed by atoms with Gasteiger partial charge in [-0.3, -0.25) is 0 Å². The Hall–Kier alpha value is -2.47. The van der Waals surface area contributed by atoms with Crippen LogP contribution in [0, 0.1) is 28.5 Å². The second kappa shape index (κ2) is 7.07. The van der Waals surface area contributed by atoms with Crippen molar-refractivity contribution in [2.45, 2.75) is 13.3 Å².